The molecule has 0 aliphatic heterocycles. The van der Waals surface area contributed by atoms with Crippen molar-refractivity contribution >= 4 is 28.5 Å². The quantitative estimate of drug-likeness (QED) is 0.413. The second-order valence-corrected chi connectivity index (χ2v) is 7.52. The number of H-pyrrole nitrogens is 1. The van der Waals surface area contributed by atoms with Crippen LogP contribution in [0.5, 0.6) is 0 Å². The first-order valence-electron chi connectivity index (χ1n) is 8.55. The van der Waals surface area contributed by atoms with Crippen LogP contribution in [0.2, 0.25) is 0 Å². The predicted octanol–water partition coefficient (Wildman–Crippen LogP) is 5.01. The number of nitrogens with one attached hydrogen (secondary N) is 2. The molecule has 0 saturated heterocycles. The fraction of sp³-hybridized carbons (Fsp3) is 0.250. The molecule has 0 aliphatic carbocycles. The minimum Gasteiger partial charge on any atom is -0.398 e. The van der Waals surface area contributed by atoms with Crippen LogP contribution in [0.15, 0.2) is 41.4 Å². The van der Waals surface area contributed by atoms with E-state index in [1.165, 1.54) is 6.20 Å². The first-order chi connectivity index (χ1) is 13.2. The molecule has 1 atom stereocenters. The van der Waals surface area contributed by atoms with Gasteiger partial charge in [0.05, 0.1) is 11.1 Å². The Balaban J connectivity index is 1.86. The molecule has 3 aromatic rings. The molecule has 0 aliphatic rings. The van der Waals surface area contributed by atoms with E-state index in [0.717, 1.165) is 23.1 Å². The van der Waals surface area contributed by atoms with Gasteiger partial charge in [-0.05, 0) is 61.0 Å². The zero-order chi connectivity index (χ0) is 20.5. The Morgan fingerprint density at radius 1 is 1.29 bits per heavy atom. The molecule has 0 fully saturated rings. The summed E-state index contributed by atoms with van der Waals surface area (Å²) in [5, 5.41) is 9.78. The van der Waals surface area contributed by atoms with E-state index in [1.54, 1.807) is 24.3 Å². The molecule has 0 amide bonds. The molecule has 4 nitrogen and oxygen atoms in total. The maximum atomic E-state index is 13.7. The highest BCUT2D eigenvalue weighted by Crippen LogP contribution is 2.33. The predicted molar refractivity (Wildman–Crippen MR) is 106 cm³/mol. The van der Waals surface area contributed by atoms with Gasteiger partial charge in [0.1, 0.15) is 12.1 Å². The minimum absolute atomic E-state index is 0.268. The number of hydrogen-bond donors (Lipinski definition) is 3. The number of halogens is 3. The molecule has 146 valence electrons. The number of alkyl halides is 3. The third-order valence-corrected chi connectivity index (χ3v) is 5.66. The Labute approximate surface area is 165 Å². The summed E-state index contributed by atoms with van der Waals surface area (Å²) in [5.74, 6) is 0. The van der Waals surface area contributed by atoms with Gasteiger partial charge in [-0.15, -0.1) is 0 Å². The first-order valence-corrected chi connectivity index (χ1v) is 9.37. The van der Waals surface area contributed by atoms with Gasteiger partial charge in [-0.1, -0.05) is 18.2 Å². The number of nitriles is 1. The highest BCUT2D eigenvalue weighted by molar-refractivity contribution is 7.97. The lowest BCUT2D eigenvalue weighted by Crippen LogP contribution is -2.40. The van der Waals surface area contributed by atoms with E-state index in [2.05, 4.69) is 9.71 Å². The van der Waals surface area contributed by atoms with Gasteiger partial charge >= 0.3 is 6.18 Å². The van der Waals surface area contributed by atoms with Gasteiger partial charge in [-0.25, -0.2) is 4.72 Å². The highest BCUT2D eigenvalue weighted by atomic mass is 32.2. The second-order valence-electron chi connectivity index (χ2n) is 6.67. The lowest BCUT2D eigenvalue weighted by molar-refractivity contribution is -0.150. The molecular formula is C20H19F3N4S. The lowest BCUT2D eigenvalue weighted by Gasteiger charge is -2.22. The largest absolute Gasteiger partial charge is 0.405 e. The molecule has 1 unspecified atom stereocenters. The van der Waals surface area contributed by atoms with Crippen molar-refractivity contribution in [1.29, 1.82) is 5.26 Å². The summed E-state index contributed by atoms with van der Waals surface area (Å²) in [5.41, 5.74) is 9.65. The van der Waals surface area contributed by atoms with E-state index >= 15 is 0 Å². The summed E-state index contributed by atoms with van der Waals surface area (Å²) in [6, 6.07) is 8.89. The number of nitrogens with two attached hydrogens (primary N) is 1. The monoisotopic (exact) mass is 404 g/mol. The molecular weight excluding hydrogens is 385 g/mol. The van der Waals surface area contributed by atoms with Gasteiger partial charge in [0.25, 0.3) is 0 Å². The van der Waals surface area contributed by atoms with E-state index in [1.807, 2.05) is 26.0 Å². The summed E-state index contributed by atoms with van der Waals surface area (Å²) in [6.45, 7) is 3.70. The van der Waals surface area contributed by atoms with E-state index in [-0.39, 0.29) is 6.42 Å². The molecule has 3 rings (SSSR count). The Morgan fingerprint density at radius 3 is 2.68 bits per heavy atom. The molecule has 1 aromatic heterocycles. The van der Waals surface area contributed by atoms with Crippen LogP contribution in [-0.2, 0) is 6.42 Å². The van der Waals surface area contributed by atoms with Crippen molar-refractivity contribution in [2.24, 2.45) is 0 Å². The fourth-order valence-corrected chi connectivity index (χ4v) is 4.05. The summed E-state index contributed by atoms with van der Waals surface area (Å²) in [4.78, 5) is 3.51. The van der Waals surface area contributed by atoms with Gasteiger partial charge in [-0.2, -0.15) is 18.4 Å². The molecule has 1 heterocycles. The second kappa shape index (κ2) is 7.78. The molecule has 0 spiro atoms. The summed E-state index contributed by atoms with van der Waals surface area (Å²) in [6.07, 6.45) is -3.19. The van der Waals surface area contributed by atoms with E-state index in [4.69, 9.17) is 11.0 Å². The Kier molecular flexibility index (Phi) is 5.59. The van der Waals surface area contributed by atoms with Crippen LogP contribution in [0.3, 0.4) is 0 Å². The van der Waals surface area contributed by atoms with Gasteiger partial charge in [-0.3, -0.25) is 0 Å². The number of benzene rings is 2. The van der Waals surface area contributed by atoms with Crippen molar-refractivity contribution in [3.63, 3.8) is 0 Å². The van der Waals surface area contributed by atoms with Crippen LogP contribution < -0.4 is 10.5 Å². The number of anilines is 1. The number of fused-ring (bicyclic) bond motifs is 1. The van der Waals surface area contributed by atoms with Crippen molar-refractivity contribution < 1.29 is 13.2 Å². The summed E-state index contributed by atoms with van der Waals surface area (Å²) >= 11 is 0.895. The Morgan fingerprint density at radius 2 is 2.04 bits per heavy atom. The Hall–Kier alpha value is -2.63. The SMILES string of the molecule is Cc1cc(C)c(SNC(Cc2c[nH]c3c(C#N)cccc23)C(F)(F)F)c(N)c1. The average Bonchev–Trinajstić information content (AvgIpc) is 3.02. The number of aromatic nitrogens is 1. The van der Waals surface area contributed by atoms with Crippen LogP contribution in [0.4, 0.5) is 18.9 Å². The van der Waals surface area contributed by atoms with Crippen LogP contribution in [0.25, 0.3) is 10.9 Å². The summed E-state index contributed by atoms with van der Waals surface area (Å²) in [7, 11) is 0. The zero-order valence-electron chi connectivity index (χ0n) is 15.3. The van der Waals surface area contributed by atoms with E-state index in [9.17, 15) is 13.2 Å². The zero-order valence-corrected chi connectivity index (χ0v) is 16.1. The van der Waals surface area contributed by atoms with Gasteiger partial charge in [0.2, 0.25) is 0 Å². The number of rotatable bonds is 5. The van der Waals surface area contributed by atoms with Crippen LogP contribution >= 0.6 is 11.9 Å². The molecule has 0 radical (unpaired) electrons. The molecule has 0 bridgehead atoms. The highest BCUT2D eigenvalue weighted by Gasteiger charge is 2.40. The van der Waals surface area contributed by atoms with Gasteiger partial charge in [0.15, 0.2) is 0 Å². The standard InChI is InChI=1S/C20H19F3N4S/c1-11-6-12(2)19(16(25)7-11)28-27-17(20(21,22)23)8-14-10-26-18-13(9-24)4-3-5-15(14)18/h3-7,10,17,26-27H,8,25H2,1-2H3. The maximum Gasteiger partial charge on any atom is 0.405 e. The van der Waals surface area contributed by atoms with Gasteiger partial charge < -0.3 is 10.7 Å². The molecule has 8 heteroatoms. The topological polar surface area (TPSA) is 77.6 Å². The van der Waals surface area contributed by atoms with Crippen molar-refractivity contribution in [3.05, 3.63) is 58.8 Å². The maximum absolute atomic E-state index is 13.7. The van der Waals surface area contributed by atoms with Crippen LogP contribution in [-0.4, -0.2) is 17.2 Å². The molecule has 0 saturated carbocycles. The number of hydrogen-bond acceptors (Lipinski definition) is 4. The van der Waals surface area contributed by atoms with Crippen molar-refractivity contribution in [2.75, 3.05) is 5.73 Å². The third-order valence-electron chi connectivity index (χ3n) is 4.49. The van der Waals surface area contributed by atoms with E-state index in [0.29, 0.717) is 32.6 Å². The van der Waals surface area contributed by atoms with Crippen LogP contribution in [0, 0.1) is 25.2 Å². The van der Waals surface area contributed by atoms with Crippen molar-refractivity contribution in [1.82, 2.24) is 9.71 Å². The number of para-hydroxylation sites is 1. The third kappa shape index (κ3) is 4.11. The van der Waals surface area contributed by atoms with Crippen molar-refractivity contribution in [2.45, 2.75) is 37.4 Å². The summed E-state index contributed by atoms with van der Waals surface area (Å²) < 4.78 is 43.5. The Bertz CT molecular complexity index is 1030. The number of aryl methyl sites for hydroxylation is 2. The molecule has 28 heavy (non-hydrogen) atoms. The minimum atomic E-state index is -4.45. The smallest absolute Gasteiger partial charge is 0.398 e. The van der Waals surface area contributed by atoms with E-state index < -0.39 is 12.2 Å². The lowest BCUT2D eigenvalue weighted by atomic mass is 10.0. The average molecular weight is 404 g/mol. The number of nitrogens with zero attached hydrogens (tertiary/aromatic N) is 1. The number of nitrogen functional groups attached to an aromatic ring is 1. The first kappa shape index (κ1) is 20.1. The molecule has 4 N–H and O–H groups in total. The molecule has 2 aromatic carbocycles. The number of aromatic amines is 1. The normalized spacial score (nSPS) is 12.9. The van der Waals surface area contributed by atoms with Gasteiger partial charge in [0, 0.05) is 22.2 Å². The van der Waals surface area contributed by atoms with Crippen molar-refractivity contribution in [3.8, 4) is 6.07 Å². The fourth-order valence-electron chi connectivity index (χ4n) is 3.18. The van der Waals surface area contributed by atoms with Crippen LogP contribution in [0.1, 0.15) is 22.3 Å².